The normalized spacial score (nSPS) is 12.4. The standard InChI is InChI=1S/C14H14BrFN2S/c1-9(17-2)12-7-11(16)4-5-13(12)19-14-6-3-10(15)8-18-14/h3-9,17H,1-2H3. The van der Waals surface area contributed by atoms with E-state index in [-0.39, 0.29) is 11.9 Å². The van der Waals surface area contributed by atoms with E-state index in [0.717, 1.165) is 20.0 Å². The molecule has 19 heavy (non-hydrogen) atoms. The van der Waals surface area contributed by atoms with Crippen LogP contribution in [0.15, 0.2) is 50.9 Å². The van der Waals surface area contributed by atoms with E-state index in [2.05, 4.69) is 26.2 Å². The van der Waals surface area contributed by atoms with Gasteiger partial charge in [0.25, 0.3) is 0 Å². The quantitative estimate of drug-likeness (QED) is 0.891. The molecule has 2 rings (SSSR count). The van der Waals surface area contributed by atoms with Crippen molar-refractivity contribution in [1.29, 1.82) is 0 Å². The highest BCUT2D eigenvalue weighted by Crippen LogP contribution is 2.33. The number of aromatic nitrogens is 1. The lowest BCUT2D eigenvalue weighted by Gasteiger charge is -2.15. The van der Waals surface area contributed by atoms with Crippen LogP contribution in [0.3, 0.4) is 0 Å². The molecule has 5 heteroatoms. The van der Waals surface area contributed by atoms with Gasteiger partial charge in [0.15, 0.2) is 0 Å². The number of benzene rings is 1. The molecule has 2 nitrogen and oxygen atoms in total. The Kier molecular flexibility index (Phi) is 4.96. The summed E-state index contributed by atoms with van der Waals surface area (Å²) in [5, 5.41) is 4.02. The molecule has 0 aliphatic heterocycles. The van der Waals surface area contributed by atoms with Gasteiger partial charge in [0.05, 0.1) is 0 Å². The van der Waals surface area contributed by atoms with Gasteiger partial charge in [0, 0.05) is 21.6 Å². The van der Waals surface area contributed by atoms with E-state index in [9.17, 15) is 4.39 Å². The van der Waals surface area contributed by atoms with Crippen LogP contribution in [-0.2, 0) is 0 Å². The first-order valence-corrected chi connectivity index (χ1v) is 7.47. The molecule has 1 aromatic carbocycles. The van der Waals surface area contributed by atoms with Gasteiger partial charge in [-0.25, -0.2) is 9.37 Å². The van der Waals surface area contributed by atoms with Gasteiger partial charge in [0.2, 0.25) is 0 Å². The molecular formula is C14H14BrFN2S. The first kappa shape index (κ1) is 14.5. The van der Waals surface area contributed by atoms with Crippen molar-refractivity contribution in [3.05, 3.63) is 52.4 Å². The second-order valence-corrected chi connectivity index (χ2v) is 6.09. The van der Waals surface area contributed by atoms with E-state index in [0.29, 0.717) is 0 Å². The molecule has 0 saturated heterocycles. The Hall–Kier alpha value is -0.910. The van der Waals surface area contributed by atoms with Crippen molar-refractivity contribution >= 4 is 27.7 Å². The number of rotatable bonds is 4. The van der Waals surface area contributed by atoms with Crippen LogP contribution in [0.5, 0.6) is 0 Å². The van der Waals surface area contributed by atoms with Gasteiger partial charge in [-0.15, -0.1) is 0 Å². The number of hydrogen-bond donors (Lipinski definition) is 1. The lowest BCUT2D eigenvalue weighted by molar-refractivity contribution is 0.601. The first-order chi connectivity index (χ1) is 9.10. The van der Waals surface area contributed by atoms with Crippen LogP contribution >= 0.6 is 27.7 Å². The average molecular weight is 341 g/mol. The van der Waals surface area contributed by atoms with Crippen LogP contribution in [0.4, 0.5) is 4.39 Å². The summed E-state index contributed by atoms with van der Waals surface area (Å²) < 4.78 is 14.3. The summed E-state index contributed by atoms with van der Waals surface area (Å²) in [6.45, 7) is 2.01. The van der Waals surface area contributed by atoms with Crippen molar-refractivity contribution in [3.8, 4) is 0 Å². The fourth-order valence-corrected chi connectivity index (χ4v) is 2.83. The van der Waals surface area contributed by atoms with Crippen molar-refractivity contribution in [2.75, 3.05) is 7.05 Å². The molecule has 0 radical (unpaired) electrons. The lowest BCUT2D eigenvalue weighted by Crippen LogP contribution is -2.13. The summed E-state index contributed by atoms with van der Waals surface area (Å²) in [4.78, 5) is 5.34. The molecule has 1 unspecified atom stereocenters. The highest BCUT2D eigenvalue weighted by molar-refractivity contribution is 9.10. The van der Waals surface area contributed by atoms with Gasteiger partial charge in [-0.1, -0.05) is 11.8 Å². The average Bonchev–Trinajstić information content (AvgIpc) is 2.42. The van der Waals surface area contributed by atoms with Gasteiger partial charge in [-0.3, -0.25) is 0 Å². The van der Waals surface area contributed by atoms with E-state index in [1.807, 2.05) is 26.1 Å². The summed E-state index contributed by atoms with van der Waals surface area (Å²) in [7, 11) is 1.86. The molecule has 1 aromatic heterocycles. The molecule has 0 spiro atoms. The van der Waals surface area contributed by atoms with Crippen LogP contribution < -0.4 is 5.32 Å². The summed E-state index contributed by atoms with van der Waals surface area (Å²) in [5.74, 6) is -0.217. The third kappa shape index (κ3) is 3.78. The topological polar surface area (TPSA) is 24.9 Å². The van der Waals surface area contributed by atoms with Gasteiger partial charge < -0.3 is 5.32 Å². The zero-order chi connectivity index (χ0) is 13.8. The van der Waals surface area contributed by atoms with Gasteiger partial charge in [-0.2, -0.15) is 0 Å². The van der Waals surface area contributed by atoms with Crippen LogP contribution in [0.2, 0.25) is 0 Å². The van der Waals surface area contributed by atoms with Crippen LogP contribution in [0.25, 0.3) is 0 Å². The van der Waals surface area contributed by atoms with Gasteiger partial charge in [-0.05, 0) is 65.8 Å². The van der Waals surface area contributed by atoms with Crippen molar-refractivity contribution in [2.24, 2.45) is 0 Å². The maximum atomic E-state index is 13.4. The van der Waals surface area contributed by atoms with Crippen LogP contribution in [0, 0.1) is 5.82 Å². The number of halogens is 2. The first-order valence-electron chi connectivity index (χ1n) is 5.86. The van der Waals surface area contributed by atoms with E-state index < -0.39 is 0 Å². The van der Waals surface area contributed by atoms with Crippen molar-refractivity contribution in [2.45, 2.75) is 22.9 Å². The Bertz CT molecular complexity index is 560. The molecule has 2 aromatic rings. The molecular weight excluding hydrogens is 327 g/mol. The van der Waals surface area contributed by atoms with Gasteiger partial charge in [0.1, 0.15) is 10.8 Å². The Balaban J connectivity index is 2.31. The zero-order valence-corrected chi connectivity index (χ0v) is 13.1. The van der Waals surface area contributed by atoms with Crippen molar-refractivity contribution in [1.82, 2.24) is 10.3 Å². The van der Waals surface area contributed by atoms with Crippen LogP contribution in [0.1, 0.15) is 18.5 Å². The lowest BCUT2D eigenvalue weighted by atomic mass is 10.1. The molecule has 0 fully saturated rings. The smallest absolute Gasteiger partial charge is 0.123 e. The fourth-order valence-electron chi connectivity index (χ4n) is 1.64. The summed E-state index contributed by atoms with van der Waals surface area (Å²) in [6.07, 6.45) is 1.76. The predicted molar refractivity (Wildman–Crippen MR) is 79.9 cm³/mol. The number of pyridine rings is 1. The summed E-state index contributed by atoms with van der Waals surface area (Å²) in [6, 6.07) is 8.82. The fraction of sp³-hybridized carbons (Fsp3) is 0.214. The molecule has 100 valence electrons. The molecule has 1 N–H and O–H groups in total. The minimum Gasteiger partial charge on any atom is -0.313 e. The Morgan fingerprint density at radius 1 is 1.32 bits per heavy atom. The SMILES string of the molecule is CNC(C)c1cc(F)ccc1Sc1ccc(Br)cn1. The minimum atomic E-state index is -0.217. The van der Waals surface area contributed by atoms with E-state index in [1.165, 1.54) is 17.8 Å². The van der Waals surface area contributed by atoms with E-state index in [1.54, 1.807) is 18.3 Å². The summed E-state index contributed by atoms with van der Waals surface area (Å²) >= 11 is 4.89. The van der Waals surface area contributed by atoms with Crippen molar-refractivity contribution < 1.29 is 4.39 Å². The second-order valence-electron chi connectivity index (χ2n) is 4.11. The number of nitrogens with one attached hydrogen (secondary N) is 1. The van der Waals surface area contributed by atoms with Gasteiger partial charge >= 0.3 is 0 Å². The third-order valence-electron chi connectivity index (χ3n) is 2.79. The highest BCUT2D eigenvalue weighted by Gasteiger charge is 2.12. The third-order valence-corrected chi connectivity index (χ3v) is 4.30. The molecule has 0 bridgehead atoms. The minimum absolute atomic E-state index is 0.0913. The number of hydrogen-bond acceptors (Lipinski definition) is 3. The predicted octanol–water partition coefficient (Wildman–Crippen LogP) is 4.41. The Morgan fingerprint density at radius 2 is 2.11 bits per heavy atom. The largest absolute Gasteiger partial charge is 0.313 e. The van der Waals surface area contributed by atoms with Crippen LogP contribution in [-0.4, -0.2) is 12.0 Å². The monoisotopic (exact) mass is 340 g/mol. The molecule has 0 saturated carbocycles. The second kappa shape index (κ2) is 6.50. The Labute approximate surface area is 125 Å². The maximum Gasteiger partial charge on any atom is 0.123 e. The molecule has 1 atom stereocenters. The van der Waals surface area contributed by atoms with E-state index >= 15 is 0 Å². The van der Waals surface area contributed by atoms with E-state index in [4.69, 9.17) is 0 Å². The molecule has 0 amide bonds. The molecule has 0 aliphatic carbocycles. The number of nitrogens with zero attached hydrogens (tertiary/aromatic N) is 1. The molecule has 0 aliphatic rings. The van der Waals surface area contributed by atoms with Crippen molar-refractivity contribution in [3.63, 3.8) is 0 Å². The molecule has 1 heterocycles. The summed E-state index contributed by atoms with van der Waals surface area (Å²) in [5.41, 5.74) is 0.942. The Morgan fingerprint density at radius 3 is 2.74 bits per heavy atom. The maximum absolute atomic E-state index is 13.4. The highest BCUT2D eigenvalue weighted by atomic mass is 79.9. The zero-order valence-electron chi connectivity index (χ0n) is 10.7.